The summed E-state index contributed by atoms with van der Waals surface area (Å²) in [5.41, 5.74) is 0.744. The molecule has 0 saturated heterocycles. The van der Waals surface area contributed by atoms with E-state index in [-0.39, 0.29) is 5.91 Å². The topological polar surface area (TPSA) is 76.7 Å². The molecule has 0 bridgehead atoms. The van der Waals surface area contributed by atoms with Gasteiger partial charge in [-0.1, -0.05) is 12.1 Å². The molecule has 4 heteroatoms. The number of benzene rings is 1. The number of carbonyl (C=O) groups is 1. The molecule has 0 unspecified atom stereocenters. The lowest BCUT2D eigenvalue weighted by Gasteiger charge is -2.07. The number of carbonyl (C=O) groups excluding carboxylic acids is 1. The number of hydrogen-bond donors (Lipinski definition) is 1. The van der Waals surface area contributed by atoms with Crippen molar-refractivity contribution in [1.82, 2.24) is 5.32 Å². The highest BCUT2D eigenvalue weighted by Gasteiger charge is 2.50. The van der Waals surface area contributed by atoms with Crippen LogP contribution in [-0.4, -0.2) is 5.91 Å². The highest BCUT2D eigenvalue weighted by atomic mass is 16.2. The molecule has 0 aliphatic heterocycles. The summed E-state index contributed by atoms with van der Waals surface area (Å²) in [6.07, 6.45) is 1.31. The molecule has 1 fully saturated rings. The molecule has 0 heterocycles. The summed E-state index contributed by atoms with van der Waals surface area (Å²) in [7, 11) is 0. The molecular weight excluding hydrogens is 214 g/mol. The van der Waals surface area contributed by atoms with Crippen molar-refractivity contribution >= 4 is 5.91 Å². The molecule has 1 aliphatic rings. The van der Waals surface area contributed by atoms with Crippen LogP contribution < -0.4 is 5.32 Å². The third kappa shape index (κ3) is 2.26. The van der Waals surface area contributed by atoms with Crippen LogP contribution in [0.15, 0.2) is 24.3 Å². The summed E-state index contributed by atoms with van der Waals surface area (Å²) in [4.78, 5) is 11.7. The van der Waals surface area contributed by atoms with Crippen LogP contribution in [-0.2, 0) is 11.3 Å². The van der Waals surface area contributed by atoms with Crippen molar-refractivity contribution < 1.29 is 4.79 Å². The van der Waals surface area contributed by atoms with Crippen molar-refractivity contribution in [2.45, 2.75) is 19.4 Å². The Kier molecular flexibility index (Phi) is 2.80. The van der Waals surface area contributed by atoms with Gasteiger partial charge in [-0.15, -0.1) is 0 Å². The number of nitriles is 2. The van der Waals surface area contributed by atoms with Gasteiger partial charge in [0.25, 0.3) is 0 Å². The molecule has 0 atom stereocenters. The molecule has 4 nitrogen and oxygen atoms in total. The first kappa shape index (κ1) is 11.2. The molecule has 0 spiro atoms. The molecule has 1 saturated carbocycles. The molecule has 84 valence electrons. The summed E-state index contributed by atoms with van der Waals surface area (Å²) in [5, 5.41) is 20.2. The van der Waals surface area contributed by atoms with Crippen LogP contribution in [0, 0.1) is 28.1 Å². The van der Waals surface area contributed by atoms with E-state index in [0.29, 0.717) is 24.9 Å². The second-order valence-electron chi connectivity index (χ2n) is 4.19. The van der Waals surface area contributed by atoms with Gasteiger partial charge >= 0.3 is 0 Å². The summed E-state index contributed by atoms with van der Waals surface area (Å²) >= 11 is 0. The predicted molar refractivity (Wildman–Crippen MR) is 60.3 cm³/mol. The zero-order chi connectivity index (χ0) is 12.3. The highest BCUT2D eigenvalue weighted by molar-refractivity contribution is 5.88. The van der Waals surface area contributed by atoms with E-state index in [1.807, 2.05) is 6.07 Å². The van der Waals surface area contributed by atoms with Crippen molar-refractivity contribution in [3.05, 3.63) is 35.4 Å². The van der Waals surface area contributed by atoms with Gasteiger partial charge < -0.3 is 5.32 Å². The molecule has 2 rings (SSSR count). The van der Waals surface area contributed by atoms with E-state index >= 15 is 0 Å². The molecule has 1 N–H and O–H groups in total. The second-order valence-corrected chi connectivity index (χ2v) is 4.19. The van der Waals surface area contributed by atoms with E-state index in [1.165, 1.54) is 0 Å². The minimum atomic E-state index is -0.771. The van der Waals surface area contributed by atoms with Crippen molar-refractivity contribution in [3.8, 4) is 12.1 Å². The Balaban J connectivity index is 1.92. The van der Waals surface area contributed by atoms with Crippen molar-refractivity contribution in [2.75, 3.05) is 0 Å². The molecule has 1 aromatic carbocycles. The Morgan fingerprint density at radius 3 is 2.41 bits per heavy atom. The van der Waals surface area contributed by atoms with Crippen molar-refractivity contribution in [1.29, 1.82) is 10.5 Å². The first-order chi connectivity index (χ1) is 8.20. The Morgan fingerprint density at radius 2 is 1.94 bits per heavy atom. The Bertz CT molecular complexity index is 515. The third-order valence-corrected chi connectivity index (χ3v) is 2.93. The normalized spacial score (nSPS) is 15.4. The molecule has 0 aromatic heterocycles. The predicted octanol–water partition coefficient (Wildman–Crippen LogP) is 1.48. The number of nitrogens with one attached hydrogen (secondary N) is 1. The van der Waals surface area contributed by atoms with E-state index in [9.17, 15) is 4.79 Å². The lowest BCUT2D eigenvalue weighted by Crippen LogP contribution is -2.30. The molecule has 1 aromatic rings. The molecule has 17 heavy (non-hydrogen) atoms. The van der Waals surface area contributed by atoms with E-state index in [0.717, 1.165) is 5.56 Å². The summed E-state index contributed by atoms with van der Waals surface area (Å²) in [5.74, 6) is -0.190. The van der Waals surface area contributed by atoms with Gasteiger partial charge in [0, 0.05) is 6.54 Å². The number of nitrogens with zero attached hydrogens (tertiary/aromatic N) is 2. The van der Waals surface area contributed by atoms with Crippen molar-refractivity contribution in [3.63, 3.8) is 0 Å². The van der Waals surface area contributed by atoms with Gasteiger partial charge in [0.15, 0.2) is 0 Å². The minimum Gasteiger partial charge on any atom is -0.351 e. The smallest absolute Gasteiger partial charge is 0.240 e. The van der Waals surface area contributed by atoms with E-state index in [4.69, 9.17) is 10.5 Å². The largest absolute Gasteiger partial charge is 0.351 e. The number of amides is 1. The molecule has 1 aliphatic carbocycles. The Hall–Kier alpha value is -2.33. The van der Waals surface area contributed by atoms with Gasteiger partial charge in [0.2, 0.25) is 5.91 Å². The Labute approximate surface area is 99.5 Å². The van der Waals surface area contributed by atoms with Gasteiger partial charge in [-0.05, 0) is 30.5 Å². The van der Waals surface area contributed by atoms with Gasteiger partial charge in [0.1, 0.15) is 5.41 Å². The lowest BCUT2D eigenvalue weighted by molar-refractivity contribution is -0.124. The third-order valence-electron chi connectivity index (χ3n) is 2.93. The van der Waals surface area contributed by atoms with Gasteiger partial charge in [-0.3, -0.25) is 4.79 Å². The molecular formula is C13H11N3O. The number of hydrogen-bond acceptors (Lipinski definition) is 3. The van der Waals surface area contributed by atoms with Crippen LogP contribution in [0.1, 0.15) is 24.0 Å². The van der Waals surface area contributed by atoms with Crippen LogP contribution in [0.5, 0.6) is 0 Å². The maximum atomic E-state index is 11.7. The number of rotatable bonds is 3. The SMILES string of the molecule is N#Cc1ccc(CNC(=O)C2(C#N)CC2)cc1. The standard InChI is InChI=1S/C13H11N3O/c14-7-10-1-3-11(4-2-10)8-16-12(17)13(9-15)5-6-13/h1-4H,5-6,8H2,(H,16,17). The maximum Gasteiger partial charge on any atom is 0.240 e. The zero-order valence-corrected chi connectivity index (χ0v) is 9.23. The van der Waals surface area contributed by atoms with E-state index in [1.54, 1.807) is 24.3 Å². The molecule has 0 radical (unpaired) electrons. The Morgan fingerprint density at radius 1 is 1.29 bits per heavy atom. The fourth-order valence-electron chi connectivity index (χ4n) is 1.56. The van der Waals surface area contributed by atoms with E-state index < -0.39 is 5.41 Å². The summed E-state index contributed by atoms with van der Waals surface area (Å²) in [6.45, 7) is 0.397. The monoisotopic (exact) mass is 225 g/mol. The fraction of sp³-hybridized carbons (Fsp3) is 0.308. The first-order valence-electron chi connectivity index (χ1n) is 5.39. The van der Waals surface area contributed by atoms with E-state index in [2.05, 4.69) is 11.4 Å². The lowest BCUT2D eigenvalue weighted by atomic mass is 10.1. The molecule has 1 amide bonds. The fourth-order valence-corrected chi connectivity index (χ4v) is 1.56. The summed E-state index contributed by atoms with van der Waals surface area (Å²) in [6, 6.07) is 11.1. The van der Waals surface area contributed by atoms with Gasteiger partial charge in [-0.2, -0.15) is 10.5 Å². The zero-order valence-electron chi connectivity index (χ0n) is 9.23. The minimum absolute atomic E-state index is 0.190. The van der Waals surface area contributed by atoms with Gasteiger partial charge in [-0.25, -0.2) is 0 Å². The first-order valence-corrected chi connectivity index (χ1v) is 5.39. The average Bonchev–Trinajstić information content (AvgIpc) is 3.17. The van der Waals surface area contributed by atoms with Crippen LogP contribution in [0.25, 0.3) is 0 Å². The van der Waals surface area contributed by atoms with Crippen LogP contribution in [0.3, 0.4) is 0 Å². The average molecular weight is 225 g/mol. The van der Waals surface area contributed by atoms with Crippen LogP contribution in [0.2, 0.25) is 0 Å². The summed E-state index contributed by atoms with van der Waals surface area (Å²) < 4.78 is 0. The maximum absolute atomic E-state index is 11.7. The second kappa shape index (κ2) is 4.27. The van der Waals surface area contributed by atoms with Crippen LogP contribution >= 0.6 is 0 Å². The van der Waals surface area contributed by atoms with Crippen LogP contribution in [0.4, 0.5) is 0 Å². The van der Waals surface area contributed by atoms with Gasteiger partial charge in [0.05, 0.1) is 17.7 Å². The highest BCUT2D eigenvalue weighted by Crippen LogP contribution is 2.44. The quantitative estimate of drug-likeness (QED) is 0.846. The van der Waals surface area contributed by atoms with Crippen molar-refractivity contribution in [2.24, 2.45) is 5.41 Å².